The summed E-state index contributed by atoms with van der Waals surface area (Å²) in [6.07, 6.45) is 13.7. The molecule has 212 valence electrons. The van der Waals surface area contributed by atoms with Crippen LogP contribution in [0.3, 0.4) is 0 Å². The molecule has 0 spiro atoms. The van der Waals surface area contributed by atoms with E-state index >= 15 is 0 Å². The van der Waals surface area contributed by atoms with Crippen LogP contribution >= 0.6 is 0 Å². The Kier molecular flexibility index (Phi) is 6.23. The second-order valence-corrected chi connectivity index (χ2v) is 16.1. The number of ether oxygens (including phenoxy) is 2. The van der Waals surface area contributed by atoms with Crippen molar-refractivity contribution in [2.75, 3.05) is 0 Å². The summed E-state index contributed by atoms with van der Waals surface area (Å²) in [5.74, 6) is 0.702. The molecule has 0 bridgehead atoms. The molecule has 0 saturated heterocycles. The number of allylic oxidation sites excluding steroid dienone is 3. The maximum atomic E-state index is 12.1. The summed E-state index contributed by atoms with van der Waals surface area (Å²) in [7, 11) is 0. The average Bonchev–Trinajstić information content (AvgIpc) is 2.77. The van der Waals surface area contributed by atoms with Crippen molar-refractivity contribution in [1.82, 2.24) is 0 Å². The van der Waals surface area contributed by atoms with Crippen LogP contribution in [0.4, 0.5) is 0 Å². The van der Waals surface area contributed by atoms with E-state index in [1.807, 2.05) is 0 Å². The average molecular weight is 525 g/mol. The number of esters is 2. The summed E-state index contributed by atoms with van der Waals surface area (Å²) in [6, 6.07) is 0. The van der Waals surface area contributed by atoms with Gasteiger partial charge in [0.1, 0.15) is 12.2 Å². The Bertz CT molecular complexity index is 1100. The van der Waals surface area contributed by atoms with E-state index in [0.29, 0.717) is 11.8 Å². The highest BCUT2D eigenvalue weighted by Gasteiger charge is 2.67. The molecule has 8 unspecified atom stereocenters. The van der Waals surface area contributed by atoms with E-state index < -0.39 is 0 Å². The fourth-order valence-electron chi connectivity index (χ4n) is 10.7. The van der Waals surface area contributed by atoms with Crippen molar-refractivity contribution < 1.29 is 19.1 Å². The summed E-state index contributed by atoms with van der Waals surface area (Å²) >= 11 is 0. The maximum absolute atomic E-state index is 12.1. The lowest BCUT2D eigenvalue weighted by molar-refractivity contribution is -0.198. The first-order valence-electron chi connectivity index (χ1n) is 15.2. The topological polar surface area (TPSA) is 52.6 Å². The Labute approximate surface area is 231 Å². The minimum absolute atomic E-state index is 0.00124. The molecule has 0 N–H and O–H groups in total. The summed E-state index contributed by atoms with van der Waals surface area (Å²) in [6.45, 7) is 22.6. The van der Waals surface area contributed by atoms with Gasteiger partial charge in [0.25, 0.3) is 0 Å². The Morgan fingerprint density at radius 2 is 1.45 bits per heavy atom. The van der Waals surface area contributed by atoms with E-state index in [0.717, 1.165) is 38.5 Å². The number of hydrogen-bond donors (Lipinski definition) is 0. The van der Waals surface area contributed by atoms with E-state index in [-0.39, 0.29) is 56.6 Å². The second-order valence-electron chi connectivity index (χ2n) is 16.1. The van der Waals surface area contributed by atoms with Crippen LogP contribution in [0.5, 0.6) is 0 Å². The Hall–Kier alpha value is -1.58. The van der Waals surface area contributed by atoms with Crippen LogP contribution in [-0.2, 0) is 19.1 Å². The van der Waals surface area contributed by atoms with Crippen molar-refractivity contribution in [3.05, 3.63) is 23.3 Å². The van der Waals surface area contributed by atoms with Crippen molar-refractivity contribution in [1.29, 1.82) is 0 Å². The Morgan fingerprint density at radius 3 is 2.08 bits per heavy atom. The number of hydrogen-bond acceptors (Lipinski definition) is 4. The second kappa shape index (κ2) is 8.46. The van der Waals surface area contributed by atoms with Crippen LogP contribution in [-0.4, -0.2) is 24.1 Å². The first-order valence-corrected chi connectivity index (χ1v) is 15.2. The van der Waals surface area contributed by atoms with Crippen LogP contribution in [0.1, 0.15) is 121 Å². The van der Waals surface area contributed by atoms with Gasteiger partial charge in [-0.1, -0.05) is 73.1 Å². The fourth-order valence-corrected chi connectivity index (χ4v) is 10.7. The first kappa shape index (κ1) is 28.0. The van der Waals surface area contributed by atoms with Gasteiger partial charge in [0.05, 0.1) is 0 Å². The molecule has 4 nitrogen and oxygen atoms in total. The zero-order chi connectivity index (χ0) is 28.1. The molecular formula is C34H52O4. The van der Waals surface area contributed by atoms with Gasteiger partial charge in [-0.2, -0.15) is 0 Å². The predicted molar refractivity (Wildman–Crippen MR) is 151 cm³/mol. The molecule has 5 aliphatic carbocycles. The zero-order valence-electron chi connectivity index (χ0n) is 25.8. The number of rotatable bonds is 2. The summed E-state index contributed by atoms with van der Waals surface area (Å²) < 4.78 is 12.0. The molecule has 4 heteroatoms. The van der Waals surface area contributed by atoms with Crippen LogP contribution in [0.25, 0.3) is 0 Å². The smallest absolute Gasteiger partial charge is 0.302 e. The van der Waals surface area contributed by atoms with Gasteiger partial charge in [-0.15, -0.1) is 0 Å². The quantitative estimate of drug-likeness (QED) is 0.342. The van der Waals surface area contributed by atoms with E-state index in [1.54, 1.807) is 25.0 Å². The highest BCUT2D eigenvalue weighted by atomic mass is 16.5. The van der Waals surface area contributed by atoms with Gasteiger partial charge >= 0.3 is 11.9 Å². The van der Waals surface area contributed by atoms with Crippen LogP contribution < -0.4 is 0 Å². The maximum Gasteiger partial charge on any atom is 0.302 e. The largest absolute Gasteiger partial charge is 0.462 e. The zero-order valence-corrected chi connectivity index (χ0v) is 25.8. The van der Waals surface area contributed by atoms with Gasteiger partial charge in [0, 0.05) is 24.7 Å². The third-order valence-corrected chi connectivity index (χ3v) is 13.0. The van der Waals surface area contributed by atoms with Gasteiger partial charge in [-0.05, 0) is 90.4 Å². The van der Waals surface area contributed by atoms with Gasteiger partial charge < -0.3 is 9.47 Å². The molecule has 5 aliphatic rings. The third-order valence-electron chi connectivity index (χ3n) is 13.0. The summed E-state index contributed by atoms with van der Waals surface area (Å²) in [5, 5.41) is 0. The molecule has 0 aliphatic heterocycles. The standard InChI is InChI=1S/C34H52O4/c1-21(35)37-27-14-15-32(8)25(30(27,5)6)13-16-34(10)26(32)12-11-23-24-19-29(3,4)20-28(38-22(2)36)31(24,7)17-18-33(23,34)9/h11-12,25-28H,13-20H2,1-10H3. The van der Waals surface area contributed by atoms with Crippen molar-refractivity contribution >= 4 is 11.9 Å². The molecule has 38 heavy (non-hydrogen) atoms. The lowest BCUT2D eigenvalue weighted by atomic mass is 9.35. The predicted octanol–water partition coefficient (Wildman–Crippen LogP) is 8.20. The monoisotopic (exact) mass is 524 g/mol. The SMILES string of the molecule is CC(=O)OC1CC(C)(C)CC2=C3C=CC4C5(C)CCC(OC(C)=O)C(C)(C)C5CCC4(C)C3(C)CCC21C. The summed E-state index contributed by atoms with van der Waals surface area (Å²) in [5.41, 5.74) is 3.52. The normalized spacial score (nSPS) is 46.7. The molecular weight excluding hydrogens is 472 g/mol. The van der Waals surface area contributed by atoms with E-state index in [4.69, 9.17) is 9.47 Å². The highest BCUT2D eigenvalue weighted by molar-refractivity contribution is 5.66. The molecule has 0 amide bonds. The molecule has 0 aromatic rings. The van der Waals surface area contributed by atoms with Crippen molar-refractivity contribution in [3.63, 3.8) is 0 Å². The third kappa shape index (κ3) is 3.74. The van der Waals surface area contributed by atoms with Crippen molar-refractivity contribution in [2.45, 2.75) is 133 Å². The van der Waals surface area contributed by atoms with E-state index in [1.165, 1.54) is 12.8 Å². The molecule has 0 aromatic carbocycles. The van der Waals surface area contributed by atoms with Gasteiger partial charge in [0.15, 0.2) is 0 Å². The number of carbonyl (C=O) groups is 2. The summed E-state index contributed by atoms with van der Waals surface area (Å²) in [4.78, 5) is 24.1. The van der Waals surface area contributed by atoms with Crippen LogP contribution in [0.2, 0.25) is 0 Å². The Balaban J connectivity index is 1.60. The molecule has 0 radical (unpaired) electrons. The molecule has 0 aromatic heterocycles. The molecule has 3 fully saturated rings. The highest BCUT2D eigenvalue weighted by Crippen LogP contribution is 2.74. The minimum Gasteiger partial charge on any atom is -0.462 e. The molecule has 8 atom stereocenters. The van der Waals surface area contributed by atoms with Crippen molar-refractivity contribution in [2.24, 2.45) is 44.3 Å². The van der Waals surface area contributed by atoms with Crippen molar-refractivity contribution in [3.8, 4) is 0 Å². The lowest BCUT2D eigenvalue weighted by Crippen LogP contribution is -2.63. The van der Waals surface area contributed by atoms with E-state index in [2.05, 4.69) is 67.5 Å². The van der Waals surface area contributed by atoms with Crippen LogP contribution in [0, 0.1) is 44.3 Å². The van der Waals surface area contributed by atoms with Gasteiger partial charge in [-0.3, -0.25) is 9.59 Å². The van der Waals surface area contributed by atoms with Crippen LogP contribution in [0.15, 0.2) is 23.3 Å². The van der Waals surface area contributed by atoms with Gasteiger partial charge in [-0.25, -0.2) is 0 Å². The molecule has 3 saturated carbocycles. The first-order chi connectivity index (χ1) is 17.4. The minimum atomic E-state index is -0.156. The van der Waals surface area contributed by atoms with Gasteiger partial charge in [0.2, 0.25) is 0 Å². The van der Waals surface area contributed by atoms with E-state index in [9.17, 15) is 9.59 Å². The fraction of sp³-hybridized carbons (Fsp3) is 0.824. The number of fused-ring (bicyclic) bond motifs is 6. The lowest BCUT2D eigenvalue weighted by Gasteiger charge is -2.69. The Morgan fingerprint density at radius 1 is 0.816 bits per heavy atom. The molecule has 5 rings (SSSR count). The number of carbonyl (C=O) groups excluding carboxylic acids is 2. The molecule has 0 heterocycles.